The maximum absolute atomic E-state index is 12.1. The third-order valence-corrected chi connectivity index (χ3v) is 8.05. The average molecular weight is 574 g/mol. The summed E-state index contributed by atoms with van der Waals surface area (Å²) in [5.41, 5.74) is 9.11. The summed E-state index contributed by atoms with van der Waals surface area (Å²) in [5.74, 6) is -0.200. The van der Waals surface area contributed by atoms with Crippen LogP contribution in [0.3, 0.4) is 0 Å². The van der Waals surface area contributed by atoms with Gasteiger partial charge in [-0.2, -0.15) is 0 Å². The van der Waals surface area contributed by atoms with E-state index in [0.29, 0.717) is 10.1 Å². The predicted molar refractivity (Wildman–Crippen MR) is 165 cm³/mol. The van der Waals surface area contributed by atoms with Crippen molar-refractivity contribution >= 4 is 46.2 Å². The molecule has 0 unspecified atom stereocenters. The maximum Gasteiger partial charge on any atom is 0.250 e. The van der Waals surface area contributed by atoms with Crippen LogP contribution in [0.1, 0.15) is 45.9 Å². The Balaban J connectivity index is 1.65. The van der Waals surface area contributed by atoms with Gasteiger partial charge in [0.15, 0.2) is 5.11 Å². The van der Waals surface area contributed by atoms with E-state index in [-0.39, 0.29) is 24.6 Å². The summed E-state index contributed by atoms with van der Waals surface area (Å²) in [6.45, 7) is 8.41. The minimum absolute atomic E-state index is 0.00330. The van der Waals surface area contributed by atoms with Gasteiger partial charge in [-0.05, 0) is 99.6 Å². The lowest BCUT2D eigenvalue weighted by molar-refractivity contribution is -0.119. The Morgan fingerprint density at radius 1 is 1.05 bits per heavy atom. The molecule has 0 radical (unpaired) electrons. The van der Waals surface area contributed by atoms with E-state index in [9.17, 15) is 4.79 Å². The number of rotatable bonds is 7. The minimum atomic E-state index is -0.200. The number of nitrogens with one attached hydrogen (secondary N) is 2. The van der Waals surface area contributed by atoms with Gasteiger partial charge in [-0.15, -0.1) is 0 Å². The van der Waals surface area contributed by atoms with Crippen LogP contribution < -0.4 is 15.5 Å². The average Bonchev–Trinajstić information content (AvgIpc) is 3.37. The number of thiocarbonyl (C=S) groups is 1. The summed E-state index contributed by atoms with van der Waals surface area (Å²) in [6.07, 6.45) is 1.81. The van der Waals surface area contributed by atoms with E-state index in [1.165, 1.54) is 18.2 Å². The Morgan fingerprint density at radius 2 is 1.85 bits per heavy atom. The second-order valence-electron chi connectivity index (χ2n) is 10.0. The molecule has 4 aromatic rings. The van der Waals surface area contributed by atoms with Gasteiger partial charge in [0, 0.05) is 52.3 Å². The molecule has 2 N–H and O–H groups in total. The van der Waals surface area contributed by atoms with Gasteiger partial charge in [0.05, 0.1) is 17.8 Å². The van der Waals surface area contributed by atoms with Crippen LogP contribution in [0.15, 0.2) is 66.9 Å². The van der Waals surface area contributed by atoms with Gasteiger partial charge in [0.2, 0.25) is 5.91 Å². The highest BCUT2D eigenvalue weighted by Gasteiger charge is 2.43. The lowest BCUT2D eigenvalue weighted by Gasteiger charge is -2.29. The summed E-state index contributed by atoms with van der Waals surface area (Å²) in [5, 5.41) is 7.78. The van der Waals surface area contributed by atoms with Crippen molar-refractivity contribution in [1.82, 2.24) is 14.9 Å². The molecule has 1 fully saturated rings. The van der Waals surface area contributed by atoms with Crippen molar-refractivity contribution in [3.05, 3.63) is 106 Å². The van der Waals surface area contributed by atoms with Crippen LogP contribution in [0, 0.1) is 27.7 Å². The summed E-state index contributed by atoms with van der Waals surface area (Å²) < 4.78 is 7.22. The first-order chi connectivity index (χ1) is 19.2. The molecule has 7 nitrogen and oxygen atoms in total. The zero-order valence-electron chi connectivity index (χ0n) is 23.2. The molecule has 0 aliphatic carbocycles. The van der Waals surface area contributed by atoms with Crippen molar-refractivity contribution < 1.29 is 9.53 Å². The number of halogens is 1. The van der Waals surface area contributed by atoms with Crippen molar-refractivity contribution in [2.75, 3.05) is 23.9 Å². The fraction of sp³-hybridized carbons (Fsp3) is 0.258. The van der Waals surface area contributed by atoms with Crippen molar-refractivity contribution in [2.45, 2.75) is 39.8 Å². The highest BCUT2D eigenvalue weighted by molar-refractivity contribution is 7.80. The first kappa shape index (κ1) is 27.8. The van der Waals surface area contributed by atoms with Crippen LogP contribution in [-0.4, -0.2) is 34.3 Å². The number of aromatic nitrogens is 2. The summed E-state index contributed by atoms with van der Waals surface area (Å²) in [6, 6.07) is 19.4. The number of benzene rings is 2. The zero-order chi connectivity index (χ0) is 28.6. The van der Waals surface area contributed by atoms with Crippen molar-refractivity contribution in [3.63, 3.8) is 0 Å². The number of anilines is 2. The van der Waals surface area contributed by atoms with E-state index >= 15 is 0 Å². The molecule has 5 rings (SSSR count). The van der Waals surface area contributed by atoms with Crippen LogP contribution in [0.4, 0.5) is 11.4 Å². The number of nitrogens with zero attached hydrogens (tertiary/aromatic N) is 3. The van der Waals surface area contributed by atoms with E-state index in [2.05, 4.69) is 53.0 Å². The quantitative estimate of drug-likeness (QED) is 0.245. The third-order valence-electron chi connectivity index (χ3n) is 7.51. The number of hydrogen-bond donors (Lipinski definition) is 2. The molecular weight excluding hydrogens is 542 g/mol. The Bertz CT molecular complexity index is 1590. The summed E-state index contributed by atoms with van der Waals surface area (Å²) >= 11 is 12.4. The van der Waals surface area contributed by atoms with Gasteiger partial charge in [-0.3, -0.25) is 9.78 Å². The molecule has 2 aromatic heterocycles. The standard InChI is InChI=1S/C31H32ClN5O2S/c1-18-15-24(12-13-25(18)34-27(38)17-39-5)37-30(29(35-31(37)40)26-11-6-7-14-33-26)28-19(2)20(3)36(21(28)4)23-10-8-9-22(32)16-23/h6-16,29-30H,17H2,1-5H3,(H,34,38)(H,35,40)/t29-,30+/m0/s1. The van der Waals surface area contributed by atoms with E-state index in [4.69, 9.17) is 33.5 Å². The van der Waals surface area contributed by atoms with Crippen LogP contribution >= 0.6 is 23.8 Å². The lowest BCUT2D eigenvalue weighted by atomic mass is 9.93. The fourth-order valence-electron chi connectivity index (χ4n) is 5.63. The Kier molecular flexibility index (Phi) is 7.94. The van der Waals surface area contributed by atoms with Gasteiger partial charge < -0.3 is 24.8 Å². The number of carbonyl (C=O) groups is 1. The maximum atomic E-state index is 12.1. The molecule has 1 amide bonds. The summed E-state index contributed by atoms with van der Waals surface area (Å²) in [7, 11) is 1.50. The second kappa shape index (κ2) is 11.4. The number of hydrogen-bond acceptors (Lipinski definition) is 4. The molecular formula is C31H32ClN5O2S. The normalized spacial score (nSPS) is 16.8. The highest BCUT2D eigenvalue weighted by Crippen LogP contribution is 2.46. The number of amides is 1. The number of ether oxygens (including phenoxy) is 1. The molecule has 9 heteroatoms. The Hall–Kier alpha value is -3.72. The van der Waals surface area contributed by atoms with Gasteiger partial charge in [0.1, 0.15) is 6.61 Å². The smallest absolute Gasteiger partial charge is 0.250 e. The van der Waals surface area contributed by atoms with Crippen LogP contribution in [0.2, 0.25) is 5.02 Å². The minimum Gasteiger partial charge on any atom is -0.375 e. The van der Waals surface area contributed by atoms with E-state index < -0.39 is 0 Å². The van der Waals surface area contributed by atoms with E-state index in [1.807, 2.05) is 61.7 Å². The van der Waals surface area contributed by atoms with Crippen LogP contribution in [0.5, 0.6) is 0 Å². The number of carbonyl (C=O) groups excluding carboxylic acids is 1. The van der Waals surface area contributed by atoms with Gasteiger partial charge in [0.25, 0.3) is 0 Å². The molecule has 2 aromatic carbocycles. The largest absolute Gasteiger partial charge is 0.375 e. The van der Waals surface area contributed by atoms with Crippen molar-refractivity contribution in [3.8, 4) is 5.69 Å². The molecule has 0 saturated carbocycles. The summed E-state index contributed by atoms with van der Waals surface area (Å²) in [4.78, 5) is 19.0. The Labute approximate surface area is 245 Å². The number of aryl methyl sites for hydroxylation is 1. The van der Waals surface area contributed by atoms with E-state index in [0.717, 1.165) is 39.7 Å². The second-order valence-corrected chi connectivity index (χ2v) is 10.8. The molecule has 40 heavy (non-hydrogen) atoms. The molecule has 1 aliphatic heterocycles. The lowest BCUT2D eigenvalue weighted by Crippen LogP contribution is -2.30. The van der Waals surface area contributed by atoms with Crippen molar-refractivity contribution in [1.29, 1.82) is 0 Å². The SMILES string of the molecule is COCC(=O)Nc1ccc(N2C(=S)N[C@@H](c3ccccn3)[C@H]2c2c(C)c(C)n(-c3cccc(Cl)c3)c2C)cc1C. The molecule has 0 spiro atoms. The van der Waals surface area contributed by atoms with Gasteiger partial charge >= 0.3 is 0 Å². The first-order valence-corrected chi connectivity index (χ1v) is 13.8. The highest BCUT2D eigenvalue weighted by atomic mass is 35.5. The monoisotopic (exact) mass is 573 g/mol. The molecule has 1 saturated heterocycles. The number of methoxy groups -OCH3 is 1. The van der Waals surface area contributed by atoms with Crippen molar-refractivity contribution in [2.24, 2.45) is 0 Å². The zero-order valence-corrected chi connectivity index (χ0v) is 24.7. The Morgan fingerprint density at radius 3 is 2.52 bits per heavy atom. The molecule has 1 aliphatic rings. The third kappa shape index (κ3) is 5.10. The van der Waals surface area contributed by atoms with Gasteiger partial charge in [-0.25, -0.2) is 0 Å². The molecule has 206 valence electrons. The van der Waals surface area contributed by atoms with Crippen LogP contribution in [-0.2, 0) is 9.53 Å². The fourth-order valence-corrected chi connectivity index (χ4v) is 6.16. The first-order valence-electron chi connectivity index (χ1n) is 13.1. The number of pyridine rings is 1. The topological polar surface area (TPSA) is 71.4 Å². The van der Waals surface area contributed by atoms with Crippen LogP contribution in [0.25, 0.3) is 5.69 Å². The van der Waals surface area contributed by atoms with E-state index in [1.54, 1.807) is 0 Å². The predicted octanol–water partition coefficient (Wildman–Crippen LogP) is 6.52. The molecule has 0 bridgehead atoms. The van der Waals surface area contributed by atoms with Gasteiger partial charge in [-0.1, -0.05) is 23.7 Å². The molecule has 2 atom stereocenters. The molecule has 3 heterocycles.